The average molecular weight is 421 g/mol. The Balaban J connectivity index is 1.81. The van der Waals surface area contributed by atoms with E-state index in [-0.39, 0.29) is 17.9 Å². The van der Waals surface area contributed by atoms with Crippen LogP contribution in [0.2, 0.25) is 0 Å². The van der Waals surface area contributed by atoms with Crippen molar-refractivity contribution in [1.82, 2.24) is 9.88 Å². The molecule has 0 aliphatic carbocycles. The van der Waals surface area contributed by atoms with Crippen molar-refractivity contribution in [2.24, 2.45) is 0 Å². The Morgan fingerprint density at radius 2 is 1.77 bits per heavy atom. The van der Waals surface area contributed by atoms with Gasteiger partial charge in [0.05, 0.1) is 23.1 Å². The van der Waals surface area contributed by atoms with Crippen molar-refractivity contribution in [3.63, 3.8) is 0 Å². The summed E-state index contributed by atoms with van der Waals surface area (Å²) >= 11 is 0. The number of hydrogen-bond donors (Lipinski definition) is 2. The minimum absolute atomic E-state index is 0.0112. The zero-order valence-electron chi connectivity index (χ0n) is 16.2. The number of rotatable bonds is 6. The van der Waals surface area contributed by atoms with E-state index < -0.39 is 22.2 Å². The third kappa shape index (κ3) is 4.82. The van der Waals surface area contributed by atoms with Crippen LogP contribution < -0.4 is 10.9 Å². The van der Waals surface area contributed by atoms with E-state index in [4.69, 9.17) is 5.26 Å². The highest BCUT2D eigenvalue weighted by molar-refractivity contribution is 7.71. The Morgan fingerprint density at radius 3 is 2.43 bits per heavy atom. The van der Waals surface area contributed by atoms with Crippen LogP contribution in [0.3, 0.4) is 0 Å². The van der Waals surface area contributed by atoms with Crippen LogP contribution in [-0.4, -0.2) is 18.9 Å². The number of carbonyl (C=O) groups is 1. The van der Waals surface area contributed by atoms with Crippen LogP contribution in [0.1, 0.15) is 32.7 Å². The number of nitriles is 1. The fourth-order valence-electron chi connectivity index (χ4n) is 3.03. The lowest BCUT2D eigenvalue weighted by Crippen LogP contribution is -2.33. The van der Waals surface area contributed by atoms with Gasteiger partial charge in [-0.15, -0.1) is 0 Å². The summed E-state index contributed by atoms with van der Waals surface area (Å²) in [5, 5.41) is 11.8. The van der Waals surface area contributed by atoms with Crippen molar-refractivity contribution in [2.45, 2.75) is 19.2 Å². The summed E-state index contributed by atoms with van der Waals surface area (Å²) in [5.74, 6) is -0.547. The molecule has 1 aromatic heterocycles. The zero-order valence-corrected chi connectivity index (χ0v) is 17.1. The molecule has 0 unspecified atom stereocenters. The number of aryl methyl sites for hydroxylation is 1. The molecule has 8 heteroatoms. The molecule has 1 heterocycles. The number of aromatic nitrogens is 1. The third-order valence-corrected chi connectivity index (χ3v) is 5.17. The molecule has 0 radical (unpaired) electrons. The smallest absolute Gasteiger partial charge is 0.268 e. The molecule has 7 nitrogen and oxygen atoms in total. The molecule has 3 aromatic rings. The van der Waals surface area contributed by atoms with Crippen LogP contribution >= 0.6 is 0 Å². The van der Waals surface area contributed by atoms with Crippen molar-refractivity contribution in [3.8, 4) is 11.8 Å². The van der Waals surface area contributed by atoms with Gasteiger partial charge in [0.25, 0.3) is 11.5 Å². The number of nitrogens with one attached hydrogen (secondary N) is 1. The minimum Gasteiger partial charge on any atom is -0.348 e. The number of pyridine rings is 1. The molecule has 0 aliphatic rings. The van der Waals surface area contributed by atoms with Crippen LogP contribution in [-0.2, 0) is 23.0 Å². The summed E-state index contributed by atoms with van der Waals surface area (Å²) in [6.07, 6.45) is 0. The van der Waals surface area contributed by atoms with Crippen molar-refractivity contribution < 1.29 is 13.2 Å². The molecule has 0 spiro atoms. The minimum atomic E-state index is -2.49. The zero-order chi connectivity index (χ0) is 21.7. The first kappa shape index (κ1) is 21.0. The summed E-state index contributed by atoms with van der Waals surface area (Å²) in [6, 6.07) is 18.6. The van der Waals surface area contributed by atoms with E-state index in [0.717, 1.165) is 5.56 Å². The highest BCUT2D eigenvalue weighted by Crippen LogP contribution is 2.12. The van der Waals surface area contributed by atoms with Crippen LogP contribution in [0.15, 0.2) is 65.5 Å². The predicted molar refractivity (Wildman–Crippen MR) is 113 cm³/mol. The predicted octanol–water partition coefficient (Wildman–Crippen LogP) is 2.06. The maximum Gasteiger partial charge on any atom is 0.268 e. The fraction of sp³-hybridized carbons (Fsp3) is 0.136. The second-order valence-electron chi connectivity index (χ2n) is 6.68. The molecule has 0 saturated heterocycles. The molecule has 0 saturated carbocycles. The summed E-state index contributed by atoms with van der Waals surface area (Å²) < 4.78 is 23.0. The van der Waals surface area contributed by atoms with Gasteiger partial charge >= 0.3 is 0 Å². The molecule has 2 aromatic carbocycles. The van der Waals surface area contributed by atoms with Gasteiger partial charge in [-0.25, -0.2) is 8.42 Å². The summed E-state index contributed by atoms with van der Waals surface area (Å²) in [7, 11) is -2.49. The molecule has 0 aliphatic heterocycles. The van der Waals surface area contributed by atoms with Crippen molar-refractivity contribution in [1.29, 1.82) is 5.26 Å². The van der Waals surface area contributed by atoms with Gasteiger partial charge in [-0.05, 0) is 48.4 Å². The maximum atomic E-state index is 13.0. The monoisotopic (exact) mass is 421 g/mol. The summed E-state index contributed by atoms with van der Waals surface area (Å²) in [6.45, 7) is 1.94. The second kappa shape index (κ2) is 9.20. The number of carbonyl (C=O) groups excluding carboxylic acids is 1. The topological polar surface area (TPSA) is 109 Å². The largest absolute Gasteiger partial charge is 0.348 e. The molecule has 0 fully saturated rings. The average Bonchev–Trinajstić information content (AvgIpc) is 2.73. The van der Waals surface area contributed by atoms with Gasteiger partial charge in [0.15, 0.2) is 0 Å². The van der Waals surface area contributed by atoms with E-state index in [2.05, 4.69) is 5.32 Å². The standard InChI is InChI=1S/C22H19N3O4S/c1-15-5-10-20(22(27)25(15)19-4-2-3-18(11-19)12-23)21(26)24-13-16-6-8-17(9-7-16)14-30(28)29/h2-11,30H,13-14H2,1H3,(H,24,26). The first-order valence-corrected chi connectivity index (χ1v) is 10.5. The lowest BCUT2D eigenvalue weighted by atomic mass is 10.1. The Kier molecular flexibility index (Phi) is 6.45. The molecule has 0 bridgehead atoms. The Labute approximate surface area is 175 Å². The van der Waals surface area contributed by atoms with Gasteiger partial charge in [-0.3, -0.25) is 14.2 Å². The lowest BCUT2D eigenvalue weighted by Gasteiger charge is -2.12. The molecule has 30 heavy (non-hydrogen) atoms. The van der Waals surface area contributed by atoms with E-state index >= 15 is 0 Å². The van der Waals surface area contributed by atoms with E-state index in [0.29, 0.717) is 22.5 Å². The SMILES string of the molecule is Cc1ccc(C(=O)NCc2ccc(C[SH](=O)=O)cc2)c(=O)n1-c1cccc(C#N)c1. The molecule has 0 atom stereocenters. The Bertz CT molecular complexity index is 1260. The second-order valence-corrected chi connectivity index (χ2v) is 7.66. The van der Waals surface area contributed by atoms with Gasteiger partial charge in [-0.1, -0.05) is 30.3 Å². The number of thiol groups is 1. The van der Waals surface area contributed by atoms with E-state index in [1.165, 1.54) is 10.6 Å². The lowest BCUT2D eigenvalue weighted by molar-refractivity contribution is 0.0949. The third-order valence-electron chi connectivity index (χ3n) is 4.54. The van der Waals surface area contributed by atoms with Gasteiger partial charge in [0.1, 0.15) is 16.3 Å². The number of benzene rings is 2. The van der Waals surface area contributed by atoms with Gasteiger partial charge < -0.3 is 5.32 Å². The van der Waals surface area contributed by atoms with Crippen LogP contribution in [0.5, 0.6) is 0 Å². The van der Waals surface area contributed by atoms with E-state index in [9.17, 15) is 18.0 Å². The quantitative estimate of drug-likeness (QED) is 0.592. The molecule has 1 amide bonds. The summed E-state index contributed by atoms with van der Waals surface area (Å²) in [5.41, 5.74) is 2.53. The highest BCUT2D eigenvalue weighted by Gasteiger charge is 2.15. The Morgan fingerprint density at radius 1 is 1.07 bits per heavy atom. The van der Waals surface area contributed by atoms with Gasteiger partial charge in [0, 0.05) is 12.2 Å². The molecule has 3 rings (SSSR count). The summed E-state index contributed by atoms with van der Waals surface area (Å²) in [4.78, 5) is 25.6. The normalized spacial score (nSPS) is 10.6. The Hall–Kier alpha value is -3.70. The van der Waals surface area contributed by atoms with Crippen molar-refractivity contribution in [3.05, 3.63) is 99.0 Å². The first-order chi connectivity index (χ1) is 14.4. The van der Waals surface area contributed by atoms with Crippen molar-refractivity contribution in [2.75, 3.05) is 0 Å². The first-order valence-electron chi connectivity index (χ1n) is 9.10. The molecule has 152 valence electrons. The highest BCUT2D eigenvalue weighted by atomic mass is 32.2. The molecular weight excluding hydrogens is 402 g/mol. The maximum absolute atomic E-state index is 13.0. The van der Waals surface area contributed by atoms with Crippen LogP contribution in [0, 0.1) is 18.3 Å². The van der Waals surface area contributed by atoms with Gasteiger partial charge in [0.2, 0.25) is 0 Å². The van der Waals surface area contributed by atoms with Crippen LogP contribution in [0.4, 0.5) is 0 Å². The van der Waals surface area contributed by atoms with E-state index in [1.807, 2.05) is 6.07 Å². The van der Waals surface area contributed by atoms with Crippen LogP contribution in [0.25, 0.3) is 5.69 Å². The number of amides is 1. The van der Waals surface area contributed by atoms with Gasteiger partial charge in [-0.2, -0.15) is 5.26 Å². The number of hydrogen-bond acceptors (Lipinski definition) is 5. The van der Waals surface area contributed by atoms with Crippen molar-refractivity contribution >= 4 is 16.6 Å². The molecule has 1 N–H and O–H groups in total. The fourth-order valence-corrected chi connectivity index (χ4v) is 3.54. The molecular formula is C22H19N3O4S. The number of nitrogens with zero attached hydrogens (tertiary/aromatic N) is 2. The van der Waals surface area contributed by atoms with E-state index in [1.54, 1.807) is 61.5 Å².